The Kier molecular flexibility index (Phi) is 2.95. The molecule has 0 unspecified atom stereocenters. The van der Waals surface area contributed by atoms with Gasteiger partial charge in [0.1, 0.15) is 5.82 Å². The number of carbonyl (C=O) groups excluding carboxylic acids is 1. The van der Waals surface area contributed by atoms with E-state index in [-0.39, 0.29) is 11.7 Å². The van der Waals surface area contributed by atoms with Gasteiger partial charge >= 0.3 is 0 Å². The maximum Gasteiger partial charge on any atom is 0.255 e. The summed E-state index contributed by atoms with van der Waals surface area (Å²) in [5.74, 6) is 0.187. The highest BCUT2D eigenvalue weighted by molar-refractivity contribution is 14.1. The van der Waals surface area contributed by atoms with Gasteiger partial charge < -0.3 is 4.90 Å². The van der Waals surface area contributed by atoms with Crippen molar-refractivity contribution in [1.82, 2.24) is 4.90 Å². The van der Waals surface area contributed by atoms with E-state index in [0.717, 1.165) is 13.1 Å². The fraction of sp³-hybridized carbons (Fsp3) is 0.364. The summed E-state index contributed by atoms with van der Waals surface area (Å²) < 4.78 is 13.6. The summed E-state index contributed by atoms with van der Waals surface area (Å²) >= 11 is 1.88. The molecule has 1 aromatic carbocycles. The standard InChI is InChI=1S/C11H11FINO/c1-7-5-14(6-7)11(15)8-3-2-4-9(12)10(8)13/h2-4,7H,5-6H2,1H3. The third-order valence-electron chi connectivity index (χ3n) is 2.53. The second-order valence-corrected chi connectivity index (χ2v) is 5.00. The molecule has 80 valence electrons. The second kappa shape index (κ2) is 4.08. The molecule has 0 atom stereocenters. The fourth-order valence-electron chi connectivity index (χ4n) is 1.70. The van der Waals surface area contributed by atoms with E-state index in [1.54, 1.807) is 17.0 Å². The minimum Gasteiger partial charge on any atom is -0.338 e. The number of nitrogens with zero attached hydrogens (tertiary/aromatic N) is 1. The van der Waals surface area contributed by atoms with Gasteiger partial charge in [0.05, 0.1) is 9.13 Å². The number of benzene rings is 1. The Hall–Kier alpha value is -0.650. The van der Waals surface area contributed by atoms with Gasteiger partial charge in [0.15, 0.2) is 0 Å². The van der Waals surface area contributed by atoms with Crippen LogP contribution in [0.15, 0.2) is 18.2 Å². The first-order valence-corrected chi connectivity index (χ1v) is 5.90. The number of carbonyl (C=O) groups is 1. The number of rotatable bonds is 1. The Labute approximate surface area is 102 Å². The Morgan fingerprint density at radius 3 is 2.80 bits per heavy atom. The number of hydrogen-bond acceptors (Lipinski definition) is 1. The molecule has 0 radical (unpaired) electrons. The van der Waals surface area contributed by atoms with Gasteiger partial charge in [0.2, 0.25) is 0 Å². The summed E-state index contributed by atoms with van der Waals surface area (Å²) in [5.41, 5.74) is 0.475. The molecular formula is C11H11FINO. The topological polar surface area (TPSA) is 20.3 Å². The molecule has 1 saturated heterocycles. The molecule has 0 spiro atoms. The van der Waals surface area contributed by atoms with E-state index in [1.807, 2.05) is 22.6 Å². The third kappa shape index (κ3) is 2.00. The number of likely N-dealkylation sites (tertiary alicyclic amines) is 1. The quantitative estimate of drug-likeness (QED) is 0.729. The first-order chi connectivity index (χ1) is 7.09. The lowest BCUT2D eigenvalue weighted by Gasteiger charge is -2.37. The molecular weight excluding hydrogens is 308 g/mol. The monoisotopic (exact) mass is 319 g/mol. The maximum atomic E-state index is 13.2. The molecule has 0 saturated carbocycles. The summed E-state index contributed by atoms with van der Waals surface area (Å²) in [6.45, 7) is 3.66. The fourth-order valence-corrected chi connectivity index (χ4v) is 2.29. The molecule has 0 N–H and O–H groups in total. The first kappa shape index (κ1) is 10.9. The minimum atomic E-state index is -0.324. The predicted molar refractivity (Wildman–Crippen MR) is 64.2 cm³/mol. The molecule has 1 amide bonds. The van der Waals surface area contributed by atoms with E-state index in [4.69, 9.17) is 0 Å². The molecule has 2 nitrogen and oxygen atoms in total. The Balaban J connectivity index is 2.22. The molecule has 0 aromatic heterocycles. The molecule has 0 bridgehead atoms. The SMILES string of the molecule is CC1CN(C(=O)c2cccc(F)c2I)C1. The predicted octanol–water partition coefficient (Wildman–Crippen LogP) is 2.52. The Morgan fingerprint density at radius 2 is 2.20 bits per heavy atom. The van der Waals surface area contributed by atoms with E-state index in [9.17, 15) is 9.18 Å². The molecule has 1 aromatic rings. The average molecular weight is 319 g/mol. The van der Waals surface area contributed by atoms with Crippen LogP contribution in [0.3, 0.4) is 0 Å². The maximum absolute atomic E-state index is 13.2. The van der Waals surface area contributed by atoms with Crippen molar-refractivity contribution in [2.75, 3.05) is 13.1 Å². The van der Waals surface area contributed by atoms with Crippen LogP contribution >= 0.6 is 22.6 Å². The van der Waals surface area contributed by atoms with Crippen LogP contribution in [0.25, 0.3) is 0 Å². The first-order valence-electron chi connectivity index (χ1n) is 4.83. The number of halogens is 2. The highest BCUT2D eigenvalue weighted by atomic mass is 127. The van der Waals surface area contributed by atoms with Gasteiger partial charge in [0.25, 0.3) is 5.91 Å². The normalized spacial score (nSPS) is 16.3. The van der Waals surface area contributed by atoms with E-state index >= 15 is 0 Å². The Bertz CT molecular complexity index is 402. The zero-order chi connectivity index (χ0) is 11.0. The van der Waals surface area contributed by atoms with Crippen molar-refractivity contribution in [3.05, 3.63) is 33.1 Å². The molecule has 1 heterocycles. The summed E-state index contributed by atoms with van der Waals surface area (Å²) in [6.07, 6.45) is 0. The Morgan fingerprint density at radius 1 is 1.53 bits per heavy atom. The van der Waals surface area contributed by atoms with E-state index in [0.29, 0.717) is 15.1 Å². The largest absolute Gasteiger partial charge is 0.338 e. The molecule has 2 rings (SSSR count). The summed E-state index contributed by atoms with van der Waals surface area (Å²) in [7, 11) is 0. The van der Waals surface area contributed by atoms with Crippen LogP contribution in [-0.4, -0.2) is 23.9 Å². The molecule has 4 heteroatoms. The molecule has 1 aliphatic heterocycles. The number of amides is 1. The molecule has 15 heavy (non-hydrogen) atoms. The van der Waals surface area contributed by atoms with Crippen LogP contribution in [-0.2, 0) is 0 Å². The second-order valence-electron chi connectivity index (χ2n) is 3.92. The third-order valence-corrected chi connectivity index (χ3v) is 3.63. The minimum absolute atomic E-state index is 0.0583. The van der Waals surface area contributed by atoms with Gasteiger partial charge in [-0.05, 0) is 40.6 Å². The lowest BCUT2D eigenvalue weighted by atomic mass is 10.0. The van der Waals surface area contributed by atoms with Crippen LogP contribution in [0.2, 0.25) is 0 Å². The molecule has 1 aliphatic rings. The van der Waals surface area contributed by atoms with Crippen molar-refractivity contribution in [3.63, 3.8) is 0 Å². The van der Waals surface area contributed by atoms with Crippen molar-refractivity contribution in [1.29, 1.82) is 0 Å². The van der Waals surface area contributed by atoms with Crippen LogP contribution in [0.4, 0.5) is 4.39 Å². The lowest BCUT2D eigenvalue weighted by Crippen LogP contribution is -2.48. The van der Waals surface area contributed by atoms with Gasteiger partial charge in [-0.25, -0.2) is 4.39 Å². The lowest BCUT2D eigenvalue weighted by molar-refractivity contribution is 0.0528. The smallest absolute Gasteiger partial charge is 0.255 e. The van der Waals surface area contributed by atoms with Crippen molar-refractivity contribution < 1.29 is 9.18 Å². The summed E-state index contributed by atoms with van der Waals surface area (Å²) in [4.78, 5) is 13.7. The highest BCUT2D eigenvalue weighted by Gasteiger charge is 2.29. The summed E-state index contributed by atoms with van der Waals surface area (Å²) in [5, 5.41) is 0. The van der Waals surface area contributed by atoms with Gasteiger partial charge in [-0.2, -0.15) is 0 Å². The molecule has 0 aliphatic carbocycles. The summed E-state index contributed by atoms with van der Waals surface area (Å²) in [6, 6.07) is 4.63. The zero-order valence-corrected chi connectivity index (χ0v) is 10.5. The number of hydrogen-bond donors (Lipinski definition) is 0. The van der Waals surface area contributed by atoms with Crippen LogP contribution in [0.1, 0.15) is 17.3 Å². The van der Waals surface area contributed by atoms with E-state index < -0.39 is 0 Å². The average Bonchev–Trinajstić information content (AvgIpc) is 2.16. The van der Waals surface area contributed by atoms with Gasteiger partial charge in [-0.3, -0.25) is 4.79 Å². The van der Waals surface area contributed by atoms with Crippen molar-refractivity contribution in [2.45, 2.75) is 6.92 Å². The van der Waals surface area contributed by atoms with Crippen LogP contribution in [0.5, 0.6) is 0 Å². The van der Waals surface area contributed by atoms with Gasteiger partial charge in [-0.1, -0.05) is 13.0 Å². The van der Waals surface area contributed by atoms with E-state index in [2.05, 4.69) is 6.92 Å². The van der Waals surface area contributed by atoms with Crippen LogP contribution < -0.4 is 0 Å². The van der Waals surface area contributed by atoms with Crippen molar-refractivity contribution in [3.8, 4) is 0 Å². The zero-order valence-electron chi connectivity index (χ0n) is 8.34. The van der Waals surface area contributed by atoms with E-state index in [1.165, 1.54) is 6.07 Å². The van der Waals surface area contributed by atoms with Crippen molar-refractivity contribution in [2.24, 2.45) is 5.92 Å². The highest BCUT2D eigenvalue weighted by Crippen LogP contribution is 2.22. The van der Waals surface area contributed by atoms with Crippen molar-refractivity contribution >= 4 is 28.5 Å². The van der Waals surface area contributed by atoms with Crippen LogP contribution in [0, 0.1) is 15.3 Å². The molecule has 1 fully saturated rings. The van der Waals surface area contributed by atoms with Gasteiger partial charge in [-0.15, -0.1) is 0 Å². The van der Waals surface area contributed by atoms with Gasteiger partial charge in [0, 0.05) is 13.1 Å².